The molecule has 1 N–H and O–H groups in total. The van der Waals surface area contributed by atoms with Crippen LogP contribution in [0.2, 0.25) is 0 Å². The number of nitrogens with one attached hydrogen (secondary N) is 1. The Bertz CT molecular complexity index is 291. The van der Waals surface area contributed by atoms with Gasteiger partial charge in [0, 0.05) is 6.04 Å². The van der Waals surface area contributed by atoms with E-state index in [-0.39, 0.29) is 0 Å². The van der Waals surface area contributed by atoms with Crippen LogP contribution < -0.4 is 5.32 Å². The van der Waals surface area contributed by atoms with E-state index in [4.69, 9.17) is 4.74 Å². The number of rotatable bonds is 4. The maximum Gasteiger partial charge on any atom is 0.0734 e. The highest BCUT2D eigenvalue weighted by Crippen LogP contribution is 2.36. The average Bonchev–Trinajstić information content (AvgIpc) is 2.42. The Hall–Kier alpha value is -0.0800. The molecule has 118 valence electrons. The van der Waals surface area contributed by atoms with E-state index < -0.39 is 0 Å². The van der Waals surface area contributed by atoms with Gasteiger partial charge in [0.25, 0.3) is 0 Å². The summed E-state index contributed by atoms with van der Waals surface area (Å²) in [5.74, 6) is 3.35. The molecule has 2 aliphatic carbocycles. The molecule has 0 bridgehead atoms. The topological polar surface area (TPSA) is 21.3 Å². The minimum absolute atomic E-state index is 0.437. The molecule has 2 heteroatoms. The highest BCUT2D eigenvalue weighted by molar-refractivity contribution is 4.88. The van der Waals surface area contributed by atoms with Crippen LogP contribution in [0.1, 0.15) is 66.2 Å². The van der Waals surface area contributed by atoms with Crippen LogP contribution in [-0.2, 0) is 4.74 Å². The van der Waals surface area contributed by atoms with Gasteiger partial charge in [-0.05, 0) is 69.2 Å². The summed E-state index contributed by atoms with van der Waals surface area (Å²) in [5.41, 5.74) is 0. The largest absolute Gasteiger partial charge is 0.373 e. The smallest absolute Gasteiger partial charge is 0.0734 e. The van der Waals surface area contributed by atoms with E-state index in [1.54, 1.807) is 0 Å². The van der Waals surface area contributed by atoms with E-state index in [1.165, 1.54) is 38.5 Å². The Morgan fingerprint density at radius 3 is 2.30 bits per heavy atom. The number of hydrogen-bond acceptors (Lipinski definition) is 2. The molecule has 2 nitrogen and oxygen atoms in total. The third kappa shape index (κ3) is 3.98. The molecule has 0 amide bonds. The third-order valence-corrected chi connectivity index (χ3v) is 6.06. The van der Waals surface area contributed by atoms with E-state index in [1.807, 2.05) is 0 Å². The van der Waals surface area contributed by atoms with Crippen molar-refractivity contribution < 1.29 is 4.74 Å². The van der Waals surface area contributed by atoms with Gasteiger partial charge in [-0.1, -0.05) is 27.7 Å². The predicted molar refractivity (Wildman–Crippen MR) is 85.9 cm³/mol. The molecule has 2 rings (SSSR count). The zero-order chi connectivity index (χ0) is 14.7. The molecule has 20 heavy (non-hydrogen) atoms. The lowest BCUT2D eigenvalue weighted by Crippen LogP contribution is -2.47. The first-order chi connectivity index (χ1) is 9.51. The van der Waals surface area contributed by atoms with Crippen LogP contribution in [0.4, 0.5) is 0 Å². The van der Waals surface area contributed by atoms with Gasteiger partial charge in [-0.25, -0.2) is 0 Å². The highest BCUT2D eigenvalue weighted by atomic mass is 16.5. The van der Waals surface area contributed by atoms with Crippen LogP contribution >= 0.6 is 0 Å². The van der Waals surface area contributed by atoms with Crippen LogP contribution in [0.3, 0.4) is 0 Å². The van der Waals surface area contributed by atoms with E-state index >= 15 is 0 Å². The van der Waals surface area contributed by atoms with Crippen molar-refractivity contribution in [2.45, 2.75) is 84.5 Å². The van der Waals surface area contributed by atoms with Crippen LogP contribution in [0.5, 0.6) is 0 Å². The van der Waals surface area contributed by atoms with E-state index in [9.17, 15) is 0 Å². The maximum absolute atomic E-state index is 6.57. The van der Waals surface area contributed by atoms with Gasteiger partial charge in [-0.15, -0.1) is 0 Å². The monoisotopic (exact) mass is 281 g/mol. The lowest BCUT2D eigenvalue weighted by Gasteiger charge is -2.41. The Labute approximate surface area is 126 Å². The number of ether oxygens (including phenoxy) is 1. The molecule has 0 spiro atoms. The molecule has 6 unspecified atom stereocenters. The first kappa shape index (κ1) is 16.3. The van der Waals surface area contributed by atoms with Gasteiger partial charge in [0.2, 0.25) is 0 Å². The van der Waals surface area contributed by atoms with Crippen molar-refractivity contribution >= 4 is 0 Å². The average molecular weight is 281 g/mol. The zero-order valence-corrected chi connectivity index (χ0v) is 14.2. The van der Waals surface area contributed by atoms with E-state index in [2.05, 4.69) is 40.1 Å². The van der Waals surface area contributed by atoms with Crippen molar-refractivity contribution in [2.75, 3.05) is 7.05 Å². The summed E-state index contributed by atoms with van der Waals surface area (Å²) in [6.07, 6.45) is 8.72. The fourth-order valence-corrected chi connectivity index (χ4v) is 4.12. The van der Waals surface area contributed by atoms with Crippen molar-refractivity contribution in [1.29, 1.82) is 0 Å². The lowest BCUT2D eigenvalue weighted by atomic mass is 9.77. The van der Waals surface area contributed by atoms with Crippen molar-refractivity contribution in [3.8, 4) is 0 Å². The summed E-state index contributed by atoms with van der Waals surface area (Å²) in [4.78, 5) is 0. The normalized spacial score (nSPS) is 42.9. The van der Waals surface area contributed by atoms with Gasteiger partial charge < -0.3 is 10.1 Å². The van der Waals surface area contributed by atoms with Gasteiger partial charge >= 0.3 is 0 Å². The van der Waals surface area contributed by atoms with Gasteiger partial charge in [0.1, 0.15) is 0 Å². The Morgan fingerprint density at radius 2 is 1.70 bits per heavy atom. The molecule has 2 aliphatic rings. The van der Waals surface area contributed by atoms with Crippen LogP contribution in [0.15, 0.2) is 0 Å². The SMILES string of the molecule is CNC1CCC(C(C)C)CC1OC1CCC(C)C(C)C1. The zero-order valence-electron chi connectivity index (χ0n) is 14.2. The fourth-order valence-electron chi connectivity index (χ4n) is 4.12. The van der Waals surface area contributed by atoms with Crippen LogP contribution in [0.25, 0.3) is 0 Å². The minimum Gasteiger partial charge on any atom is -0.373 e. The second kappa shape index (κ2) is 7.26. The first-order valence-electron chi connectivity index (χ1n) is 8.84. The van der Waals surface area contributed by atoms with Gasteiger partial charge in [0.15, 0.2) is 0 Å². The van der Waals surface area contributed by atoms with Gasteiger partial charge in [0.05, 0.1) is 12.2 Å². The third-order valence-electron chi connectivity index (χ3n) is 6.06. The quantitative estimate of drug-likeness (QED) is 0.832. The van der Waals surface area contributed by atoms with E-state index in [0.29, 0.717) is 18.2 Å². The molecular weight excluding hydrogens is 246 g/mol. The minimum atomic E-state index is 0.437. The number of hydrogen-bond donors (Lipinski definition) is 1. The maximum atomic E-state index is 6.57. The molecule has 0 aromatic heterocycles. The molecule has 0 heterocycles. The molecule has 0 saturated heterocycles. The predicted octanol–water partition coefficient (Wildman–Crippen LogP) is 4.24. The summed E-state index contributed by atoms with van der Waals surface area (Å²) in [6.45, 7) is 9.53. The summed E-state index contributed by atoms with van der Waals surface area (Å²) >= 11 is 0. The summed E-state index contributed by atoms with van der Waals surface area (Å²) in [5, 5.41) is 3.50. The number of likely N-dealkylation sites (N-methyl/N-ethyl adjacent to an activating group) is 1. The molecule has 2 fully saturated rings. The Kier molecular flexibility index (Phi) is 5.92. The molecule has 0 radical (unpaired) electrons. The highest BCUT2D eigenvalue weighted by Gasteiger charge is 2.34. The van der Waals surface area contributed by atoms with Crippen molar-refractivity contribution in [3.63, 3.8) is 0 Å². The molecule has 6 atom stereocenters. The Morgan fingerprint density at radius 1 is 0.950 bits per heavy atom. The van der Waals surface area contributed by atoms with Crippen molar-refractivity contribution in [2.24, 2.45) is 23.7 Å². The van der Waals surface area contributed by atoms with Gasteiger partial charge in [-0.2, -0.15) is 0 Å². The second-order valence-corrected chi connectivity index (χ2v) is 7.78. The molecule has 2 saturated carbocycles. The summed E-state index contributed by atoms with van der Waals surface area (Å²) in [6, 6.07) is 0.569. The molecular formula is C18H35NO. The van der Waals surface area contributed by atoms with Crippen LogP contribution in [-0.4, -0.2) is 25.3 Å². The molecule has 0 aromatic rings. The summed E-state index contributed by atoms with van der Waals surface area (Å²) < 4.78 is 6.57. The van der Waals surface area contributed by atoms with Crippen molar-refractivity contribution in [3.05, 3.63) is 0 Å². The molecule has 0 aromatic carbocycles. The standard InChI is InChI=1S/C18H35NO/c1-12(2)15-7-9-17(19-5)18(11-15)20-16-8-6-13(3)14(4)10-16/h12-19H,6-11H2,1-5H3. The van der Waals surface area contributed by atoms with E-state index in [0.717, 1.165) is 23.7 Å². The lowest BCUT2D eigenvalue weighted by molar-refractivity contribution is -0.0840. The second-order valence-electron chi connectivity index (χ2n) is 7.78. The summed E-state index contributed by atoms with van der Waals surface area (Å²) in [7, 11) is 2.10. The van der Waals surface area contributed by atoms with Gasteiger partial charge in [-0.3, -0.25) is 0 Å². The first-order valence-corrected chi connectivity index (χ1v) is 8.84. The van der Waals surface area contributed by atoms with Crippen LogP contribution in [0, 0.1) is 23.7 Å². The van der Waals surface area contributed by atoms with Crippen molar-refractivity contribution in [1.82, 2.24) is 5.32 Å². The Balaban J connectivity index is 1.91. The fraction of sp³-hybridized carbons (Fsp3) is 1.00. The molecule has 0 aliphatic heterocycles.